The lowest BCUT2D eigenvalue weighted by atomic mass is 9.94. The van der Waals surface area contributed by atoms with Crippen molar-refractivity contribution in [3.05, 3.63) is 0 Å². The largest absolute Gasteiger partial charge is 0.370 e. The highest BCUT2D eigenvalue weighted by atomic mass is 16.5. The minimum atomic E-state index is -0.537. The summed E-state index contributed by atoms with van der Waals surface area (Å²) in [6, 6.07) is 0.672. The quantitative estimate of drug-likeness (QED) is 0.820. The van der Waals surface area contributed by atoms with Crippen LogP contribution in [0.25, 0.3) is 0 Å². The van der Waals surface area contributed by atoms with Gasteiger partial charge in [-0.25, -0.2) is 0 Å². The number of primary amides is 1. The average molecular weight is 297 g/mol. The summed E-state index contributed by atoms with van der Waals surface area (Å²) in [7, 11) is 0. The number of morpholine rings is 1. The molecule has 0 radical (unpaired) electrons. The van der Waals surface area contributed by atoms with Gasteiger partial charge >= 0.3 is 0 Å². The van der Waals surface area contributed by atoms with Crippen molar-refractivity contribution in [3.63, 3.8) is 0 Å². The van der Waals surface area contributed by atoms with Crippen molar-refractivity contribution in [3.8, 4) is 0 Å². The van der Waals surface area contributed by atoms with Crippen LogP contribution in [0.3, 0.4) is 0 Å². The van der Waals surface area contributed by atoms with E-state index in [1.165, 1.54) is 0 Å². The molecule has 2 aliphatic rings. The van der Waals surface area contributed by atoms with Crippen LogP contribution >= 0.6 is 0 Å². The maximum Gasteiger partial charge on any atom is 0.237 e. The van der Waals surface area contributed by atoms with Crippen LogP contribution in [-0.2, 0) is 9.53 Å². The van der Waals surface area contributed by atoms with Gasteiger partial charge in [-0.05, 0) is 53.9 Å². The van der Waals surface area contributed by atoms with Crippen LogP contribution in [0.15, 0.2) is 0 Å². The number of carbonyl (C=O) groups is 1. The molecule has 5 nitrogen and oxygen atoms in total. The van der Waals surface area contributed by atoms with Crippen molar-refractivity contribution in [2.45, 2.75) is 83.2 Å². The van der Waals surface area contributed by atoms with E-state index < -0.39 is 5.54 Å². The van der Waals surface area contributed by atoms with Gasteiger partial charge in [0, 0.05) is 25.2 Å². The summed E-state index contributed by atoms with van der Waals surface area (Å²) in [6.07, 6.45) is 2.89. The normalized spacial score (nSPS) is 37.0. The van der Waals surface area contributed by atoms with Gasteiger partial charge in [0.25, 0.3) is 0 Å². The second kappa shape index (κ2) is 5.86. The van der Waals surface area contributed by atoms with E-state index in [1.807, 2.05) is 0 Å². The number of hydrogen-bond acceptors (Lipinski definition) is 4. The predicted octanol–water partition coefficient (Wildman–Crippen LogP) is 1.26. The second-order valence-electron chi connectivity index (χ2n) is 7.76. The summed E-state index contributed by atoms with van der Waals surface area (Å²) in [5.74, 6) is -0.209. The highest BCUT2D eigenvalue weighted by Crippen LogP contribution is 2.36. The Balaban J connectivity index is 2.08. The third-order valence-corrected chi connectivity index (χ3v) is 4.64. The van der Waals surface area contributed by atoms with E-state index in [4.69, 9.17) is 10.5 Å². The van der Waals surface area contributed by atoms with E-state index in [-0.39, 0.29) is 23.7 Å². The lowest BCUT2D eigenvalue weighted by Crippen LogP contribution is -2.58. The Morgan fingerprint density at radius 2 is 2.10 bits per heavy atom. The standard InChI is InChI=1S/C16H31N3O2/c1-11(2)18-16(14(17)20)7-6-13(8-16)19-9-12(3)21-15(4,5)10-19/h11-13,18H,6-10H2,1-5H3,(H2,17,20). The summed E-state index contributed by atoms with van der Waals surface area (Å²) in [6.45, 7) is 12.4. The van der Waals surface area contributed by atoms with Crippen molar-refractivity contribution in [2.75, 3.05) is 13.1 Å². The van der Waals surface area contributed by atoms with Crippen molar-refractivity contribution < 1.29 is 9.53 Å². The smallest absolute Gasteiger partial charge is 0.237 e. The lowest BCUT2D eigenvalue weighted by molar-refractivity contribution is -0.138. The highest BCUT2D eigenvalue weighted by molar-refractivity contribution is 5.85. The van der Waals surface area contributed by atoms with Gasteiger partial charge in [0.15, 0.2) is 0 Å². The van der Waals surface area contributed by atoms with Gasteiger partial charge in [0.1, 0.15) is 0 Å². The first-order valence-corrected chi connectivity index (χ1v) is 8.13. The lowest BCUT2D eigenvalue weighted by Gasteiger charge is -2.44. The number of nitrogens with zero attached hydrogens (tertiary/aromatic N) is 1. The first-order valence-electron chi connectivity index (χ1n) is 8.13. The molecule has 1 aliphatic heterocycles. The molecule has 5 heteroatoms. The Labute approximate surface area is 128 Å². The monoisotopic (exact) mass is 297 g/mol. The molecule has 0 aromatic carbocycles. The van der Waals surface area contributed by atoms with E-state index in [1.54, 1.807) is 0 Å². The van der Waals surface area contributed by atoms with Crippen LogP contribution in [0, 0.1) is 0 Å². The Hall–Kier alpha value is -0.650. The van der Waals surface area contributed by atoms with Gasteiger partial charge in [0.05, 0.1) is 17.2 Å². The fourth-order valence-corrected chi connectivity index (χ4v) is 4.09. The number of carbonyl (C=O) groups excluding carboxylic acids is 1. The molecule has 2 fully saturated rings. The molecule has 3 N–H and O–H groups in total. The molecule has 0 spiro atoms. The molecular formula is C16H31N3O2. The molecule has 122 valence electrons. The van der Waals surface area contributed by atoms with Crippen molar-refractivity contribution in [2.24, 2.45) is 5.73 Å². The molecule has 21 heavy (non-hydrogen) atoms. The number of ether oxygens (including phenoxy) is 1. The van der Waals surface area contributed by atoms with Gasteiger partial charge in [-0.2, -0.15) is 0 Å². The third-order valence-electron chi connectivity index (χ3n) is 4.64. The van der Waals surface area contributed by atoms with Crippen molar-refractivity contribution >= 4 is 5.91 Å². The maximum absolute atomic E-state index is 12.0. The van der Waals surface area contributed by atoms with Gasteiger partial charge < -0.3 is 15.8 Å². The molecule has 1 aliphatic carbocycles. The van der Waals surface area contributed by atoms with Crippen molar-refractivity contribution in [1.29, 1.82) is 0 Å². The van der Waals surface area contributed by atoms with Crippen molar-refractivity contribution in [1.82, 2.24) is 10.2 Å². The molecule has 1 saturated carbocycles. The van der Waals surface area contributed by atoms with E-state index in [0.29, 0.717) is 6.04 Å². The molecule has 2 rings (SSSR count). The van der Waals surface area contributed by atoms with E-state index in [0.717, 1.165) is 32.4 Å². The first-order chi connectivity index (χ1) is 9.63. The Bertz CT molecular complexity index is 397. The Morgan fingerprint density at radius 1 is 1.43 bits per heavy atom. The topological polar surface area (TPSA) is 67.6 Å². The molecule has 1 amide bonds. The van der Waals surface area contributed by atoms with E-state index in [2.05, 4.69) is 44.8 Å². The fourth-order valence-electron chi connectivity index (χ4n) is 4.09. The molecule has 0 bridgehead atoms. The SMILES string of the molecule is CC(C)NC1(C(N)=O)CCC(N2CC(C)OC(C)(C)C2)C1. The van der Waals surface area contributed by atoms with Crippen LogP contribution in [-0.4, -0.2) is 53.2 Å². The zero-order valence-corrected chi connectivity index (χ0v) is 14.1. The molecule has 1 heterocycles. The molecule has 3 atom stereocenters. The van der Waals surface area contributed by atoms with E-state index >= 15 is 0 Å². The van der Waals surface area contributed by atoms with Crippen LogP contribution in [0.4, 0.5) is 0 Å². The molecule has 3 unspecified atom stereocenters. The summed E-state index contributed by atoms with van der Waals surface area (Å²) in [5.41, 5.74) is 5.05. The minimum Gasteiger partial charge on any atom is -0.370 e. The van der Waals surface area contributed by atoms with Crippen LogP contribution in [0.5, 0.6) is 0 Å². The van der Waals surface area contributed by atoms with Crippen LogP contribution < -0.4 is 11.1 Å². The van der Waals surface area contributed by atoms with Crippen LogP contribution in [0.1, 0.15) is 53.9 Å². The zero-order chi connectivity index (χ0) is 15.8. The van der Waals surface area contributed by atoms with Gasteiger partial charge in [-0.1, -0.05) is 0 Å². The average Bonchev–Trinajstić information content (AvgIpc) is 2.71. The fraction of sp³-hybridized carbons (Fsp3) is 0.938. The molecule has 0 aromatic heterocycles. The van der Waals surface area contributed by atoms with Gasteiger partial charge in [0.2, 0.25) is 5.91 Å². The number of nitrogens with two attached hydrogens (primary N) is 1. The molecular weight excluding hydrogens is 266 g/mol. The number of nitrogens with one attached hydrogen (secondary N) is 1. The summed E-state index contributed by atoms with van der Waals surface area (Å²) in [5, 5.41) is 3.42. The Kier molecular flexibility index (Phi) is 4.66. The zero-order valence-electron chi connectivity index (χ0n) is 14.1. The second-order valence-corrected chi connectivity index (χ2v) is 7.76. The minimum absolute atomic E-state index is 0.124. The number of amides is 1. The summed E-state index contributed by atoms with van der Waals surface area (Å²) < 4.78 is 5.98. The third kappa shape index (κ3) is 3.76. The predicted molar refractivity (Wildman–Crippen MR) is 84.0 cm³/mol. The van der Waals surface area contributed by atoms with Crippen LogP contribution in [0.2, 0.25) is 0 Å². The highest BCUT2D eigenvalue weighted by Gasteiger charge is 2.47. The summed E-state index contributed by atoms with van der Waals surface area (Å²) >= 11 is 0. The maximum atomic E-state index is 12.0. The van der Waals surface area contributed by atoms with Gasteiger partial charge in [-0.15, -0.1) is 0 Å². The first kappa shape index (κ1) is 16.7. The van der Waals surface area contributed by atoms with Gasteiger partial charge in [-0.3, -0.25) is 9.69 Å². The Morgan fingerprint density at radius 3 is 2.62 bits per heavy atom. The molecule has 1 saturated heterocycles. The molecule has 0 aromatic rings. The number of rotatable bonds is 4. The van der Waals surface area contributed by atoms with E-state index in [9.17, 15) is 4.79 Å². The number of hydrogen-bond donors (Lipinski definition) is 2. The summed E-state index contributed by atoms with van der Waals surface area (Å²) in [4.78, 5) is 14.5.